The van der Waals surface area contributed by atoms with Gasteiger partial charge in [0.25, 0.3) is 0 Å². The number of halogens is 1. The molecule has 0 atom stereocenters. The maximum absolute atomic E-state index is 5.98. The molecule has 1 aromatic carbocycles. The molecule has 21 heavy (non-hydrogen) atoms. The number of nitrogens with zero attached hydrogens (tertiary/aromatic N) is 2. The zero-order chi connectivity index (χ0) is 14.8. The lowest BCUT2D eigenvalue weighted by Gasteiger charge is -2.07. The van der Waals surface area contributed by atoms with Crippen molar-refractivity contribution >= 4 is 17.4 Å². The molecule has 2 N–H and O–H groups in total. The molecule has 3 rings (SSSR count). The van der Waals surface area contributed by atoms with Gasteiger partial charge in [0.15, 0.2) is 11.6 Å². The Morgan fingerprint density at radius 2 is 2.10 bits per heavy atom. The number of hydrogen-bond donors (Lipinski definition) is 1. The van der Waals surface area contributed by atoms with E-state index in [1.54, 1.807) is 31.5 Å². The first-order valence-corrected chi connectivity index (χ1v) is 6.59. The highest BCUT2D eigenvalue weighted by Gasteiger charge is 2.21. The van der Waals surface area contributed by atoms with E-state index in [-0.39, 0.29) is 5.82 Å². The fourth-order valence-electron chi connectivity index (χ4n) is 2.10. The Balaban J connectivity index is 2.21. The molecule has 0 bridgehead atoms. The Kier molecular flexibility index (Phi) is 3.50. The fraction of sp³-hybridized carbons (Fsp3) is 0.0667. The van der Waals surface area contributed by atoms with E-state index in [1.807, 2.05) is 18.2 Å². The molecule has 0 spiro atoms. The van der Waals surface area contributed by atoms with E-state index in [0.717, 1.165) is 0 Å². The predicted octanol–water partition coefficient (Wildman–Crippen LogP) is 3.65. The third-order valence-corrected chi connectivity index (χ3v) is 3.28. The summed E-state index contributed by atoms with van der Waals surface area (Å²) in [5, 5.41) is 4.41. The monoisotopic (exact) mass is 301 g/mol. The summed E-state index contributed by atoms with van der Waals surface area (Å²) in [6.45, 7) is 0. The summed E-state index contributed by atoms with van der Waals surface area (Å²) in [4.78, 5) is 4.29. The molecule has 0 fully saturated rings. The van der Waals surface area contributed by atoms with Crippen LogP contribution in [-0.2, 0) is 0 Å². The van der Waals surface area contributed by atoms with E-state index in [1.165, 1.54) is 0 Å². The van der Waals surface area contributed by atoms with E-state index in [0.29, 0.717) is 33.4 Å². The summed E-state index contributed by atoms with van der Waals surface area (Å²) in [5.74, 6) is 1.36. The van der Waals surface area contributed by atoms with E-state index < -0.39 is 0 Å². The van der Waals surface area contributed by atoms with Gasteiger partial charge in [-0.25, -0.2) is 0 Å². The molecule has 106 valence electrons. The van der Waals surface area contributed by atoms with Crippen molar-refractivity contribution in [1.29, 1.82) is 0 Å². The number of pyridine rings is 1. The second kappa shape index (κ2) is 5.46. The first-order valence-electron chi connectivity index (χ1n) is 6.21. The second-order valence-corrected chi connectivity index (χ2v) is 4.77. The van der Waals surface area contributed by atoms with Gasteiger partial charge in [-0.05, 0) is 30.3 Å². The largest absolute Gasteiger partial charge is 0.496 e. The van der Waals surface area contributed by atoms with Crippen LogP contribution in [0.5, 0.6) is 5.75 Å². The second-order valence-electron chi connectivity index (χ2n) is 4.33. The van der Waals surface area contributed by atoms with Crippen molar-refractivity contribution < 1.29 is 9.26 Å². The molecule has 6 heteroatoms. The number of hydrogen-bond acceptors (Lipinski definition) is 5. The van der Waals surface area contributed by atoms with E-state index in [4.69, 9.17) is 26.6 Å². The molecule has 2 aromatic heterocycles. The molecule has 0 aliphatic rings. The van der Waals surface area contributed by atoms with Gasteiger partial charge in [-0.15, -0.1) is 0 Å². The SMILES string of the molecule is COc1cc(Cl)ccc1-c1onc(N)c1-c1ccccn1. The molecule has 2 heterocycles. The number of nitrogens with two attached hydrogens (primary N) is 1. The Morgan fingerprint density at radius 1 is 1.24 bits per heavy atom. The number of nitrogen functional groups attached to an aromatic ring is 1. The van der Waals surface area contributed by atoms with Gasteiger partial charge in [-0.2, -0.15) is 0 Å². The Hall–Kier alpha value is -2.53. The highest BCUT2D eigenvalue weighted by Crippen LogP contribution is 2.40. The number of rotatable bonds is 3. The maximum atomic E-state index is 5.98. The smallest absolute Gasteiger partial charge is 0.182 e. The summed E-state index contributed by atoms with van der Waals surface area (Å²) in [6, 6.07) is 10.8. The summed E-state index contributed by atoms with van der Waals surface area (Å²) in [7, 11) is 1.56. The topological polar surface area (TPSA) is 74.2 Å². The third kappa shape index (κ3) is 2.43. The molecule has 3 aromatic rings. The van der Waals surface area contributed by atoms with Crippen molar-refractivity contribution in [1.82, 2.24) is 10.1 Å². The van der Waals surface area contributed by atoms with E-state index >= 15 is 0 Å². The Bertz CT molecular complexity index is 772. The van der Waals surface area contributed by atoms with Crippen LogP contribution >= 0.6 is 11.6 Å². The molecule has 0 saturated heterocycles. The van der Waals surface area contributed by atoms with Crippen molar-refractivity contribution in [2.75, 3.05) is 12.8 Å². The lowest BCUT2D eigenvalue weighted by atomic mass is 10.0. The van der Waals surface area contributed by atoms with Gasteiger partial charge in [0, 0.05) is 11.2 Å². The van der Waals surface area contributed by atoms with Crippen molar-refractivity contribution in [3.63, 3.8) is 0 Å². The van der Waals surface area contributed by atoms with Crippen LogP contribution in [0.2, 0.25) is 5.02 Å². The minimum Gasteiger partial charge on any atom is -0.496 e. The van der Waals surface area contributed by atoms with Crippen LogP contribution in [0.1, 0.15) is 0 Å². The quantitative estimate of drug-likeness (QED) is 0.799. The van der Waals surface area contributed by atoms with Gasteiger partial charge >= 0.3 is 0 Å². The molecule has 5 nitrogen and oxygen atoms in total. The van der Waals surface area contributed by atoms with Crippen molar-refractivity contribution in [2.45, 2.75) is 0 Å². The van der Waals surface area contributed by atoms with Crippen LogP contribution in [0.4, 0.5) is 5.82 Å². The van der Waals surface area contributed by atoms with Gasteiger partial charge in [-0.3, -0.25) is 4.98 Å². The van der Waals surface area contributed by atoms with Crippen LogP contribution in [-0.4, -0.2) is 17.3 Å². The van der Waals surface area contributed by atoms with Crippen LogP contribution in [0.15, 0.2) is 47.1 Å². The van der Waals surface area contributed by atoms with Crippen molar-refractivity contribution in [3.8, 4) is 28.3 Å². The van der Waals surface area contributed by atoms with Gasteiger partial charge in [0.05, 0.1) is 23.9 Å². The molecular formula is C15H12ClN3O2. The van der Waals surface area contributed by atoms with E-state index in [9.17, 15) is 0 Å². The lowest BCUT2D eigenvalue weighted by molar-refractivity contribution is 0.407. The first kappa shape index (κ1) is 13.5. The van der Waals surface area contributed by atoms with Crippen LogP contribution in [0.3, 0.4) is 0 Å². The van der Waals surface area contributed by atoms with Crippen LogP contribution in [0, 0.1) is 0 Å². The average Bonchev–Trinajstić information content (AvgIpc) is 2.89. The molecule has 0 radical (unpaired) electrons. The summed E-state index contributed by atoms with van der Waals surface area (Å²) in [6.07, 6.45) is 1.69. The summed E-state index contributed by atoms with van der Waals surface area (Å²) >= 11 is 5.98. The van der Waals surface area contributed by atoms with E-state index in [2.05, 4.69) is 10.1 Å². The lowest BCUT2D eigenvalue weighted by Crippen LogP contribution is -1.92. The fourth-order valence-corrected chi connectivity index (χ4v) is 2.26. The summed E-state index contributed by atoms with van der Waals surface area (Å²) < 4.78 is 10.7. The number of ether oxygens (including phenoxy) is 1. The Labute approximate surface area is 126 Å². The van der Waals surface area contributed by atoms with Gasteiger partial charge in [0.1, 0.15) is 5.75 Å². The normalized spacial score (nSPS) is 10.6. The zero-order valence-electron chi connectivity index (χ0n) is 11.2. The van der Waals surface area contributed by atoms with Gasteiger partial charge in [0.2, 0.25) is 0 Å². The van der Waals surface area contributed by atoms with Crippen LogP contribution in [0.25, 0.3) is 22.6 Å². The third-order valence-electron chi connectivity index (χ3n) is 3.05. The van der Waals surface area contributed by atoms with Crippen molar-refractivity contribution in [2.24, 2.45) is 0 Å². The minimum atomic E-state index is 0.278. The molecular weight excluding hydrogens is 290 g/mol. The average molecular weight is 302 g/mol. The van der Waals surface area contributed by atoms with Crippen LogP contribution < -0.4 is 10.5 Å². The van der Waals surface area contributed by atoms with Gasteiger partial charge < -0.3 is 15.0 Å². The number of anilines is 1. The van der Waals surface area contributed by atoms with Crippen molar-refractivity contribution in [3.05, 3.63) is 47.6 Å². The molecule has 0 unspecified atom stereocenters. The standard InChI is InChI=1S/C15H12ClN3O2/c1-20-12-8-9(16)5-6-10(12)14-13(15(17)19-21-14)11-4-2-3-7-18-11/h2-8H,1H3,(H2,17,19). The highest BCUT2D eigenvalue weighted by atomic mass is 35.5. The summed E-state index contributed by atoms with van der Waals surface area (Å²) in [5.41, 5.74) is 7.95. The number of aromatic nitrogens is 2. The molecule has 0 saturated carbocycles. The maximum Gasteiger partial charge on any atom is 0.182 e. The first-order chi connectivity index (χ1) is 10.2. The molecule has 0 amide bonds. The predicted molar refractivity (Wildman–Crippen MR) is 81.1 cm³/mol. The number of benzene rings is 1. The Morgan fingerprint density at radius 3 is 2.81 bits per heavy atom. The highest BCUT2D eigenvalue weighted by molar-refractivity contribution is 6.30. The zero-order valence-corrected chi connectivity index (χ0v) is 12.0. The molecule has 0 aliphatic carbocycles. The number of methoxy groups -OCH3 is 1. The molecule has 0 aliphatic heterocycles. The minimum absolute atomic E-state index is 0.278. The van der Waals surface area contributed by atoms with Gasteiger partial charge in [-0.1, -0.05) is 22.8 Å².